The lowest BCUT2D eigenvalue weighted by Crippen LogP contribution is -2.22. The highest BCUT2D eigenvalue weighted by Crippen LogP contribution is 2.23. The smallest absolute Gasteiger partial charge is 0.124 e. The molecule has 0 spiro atoms. The number of rotatable bonds is 6. The second-order valence-corrected chi connectivity index (χ2v) is 5.76. The van der Waals surface area contributed by atoms with Gasteiger partial charge in [-0.15, -0.1) is 0 Å². The van der Waals surface area contributed by atoms with Crippen molar-refractivity contribution >= 4 is 0 Å². The summed E-state index contributed by atoms with van der Waals surface area (Å²) in [6.07, 6.45) is 1.49. The SMILES string of the molecule is CO[C@@H]1CCN(Cc2ccccc2OCc2ccccc2)C1. The van der Waals surface area contributed by atoms with Crippen LogP contribution < -0.4 is 4.74 Å². The summed E-state index contributed by atoms with van der Waals surface area (Å²) in [6.45, 7) is 3.62. The average molecular weight is 297 g/mol. The van der Waals surface area contributed by atoms with Crippen molar-refractivity contribution in [2.24, 2.45) is 0 Å². The molecule has 0 aromatic heterocycles. The van der Waals surface area contributed by atoms with Gasteiger partial charge in [0.1, 0.15) is 12.4 Å². The van der Waals surface area contributed by atoms with Crippen LogP contribution in [0.25, 0.3) is 0 Å². The molecule has 0 aliphatic carbocycles. The molecule has 0 radical (unpaired) electrons. The predicted octanol–water partition coefficient (Wildman–Crippen LogP) is 3.49. The Hall–Kier alpha value is -1.84. The van der Waals surface area contributed by atoms with E-state index in [1.54, 1.807) is 7.11 Å². The summed E-state index contributed by atoms with van der Waals surface area (Å²) in [5.41, 5.74) is 2.44. The quantitative estimate of drug-likeness (QED) is 0.814. The van der Waals surface area contributed by atoms with Crippen LogP contribution >= 0.6 is 0 Å². The highest BCUT2D eigenvalue weighted by atomic mass is 16.5. The number of para-hydroxylation sites is 1. The van der Waals surface area contributed by atoms with Crippen molar-refractivity contribution in [1.29, 1.82) is 0 Å². The number of hydrogen-bond donors (Lipinski definition) is 0. The number of methoxy groups -OCH3 is 1. The van der Waals surface area contributed by atoms with Crippen LogP contribution in [0.15, 0.2) is 54.6 Å². The van der Waals surface area contributed by atoms with Crippen LogP contribution in [0.2, 0.25) is 0 Å². The largest absolute Gasteiger partial charge is 0.489 e. The second-order valence-electron chi connectivity index (χ2n) is 5.76. The van der Waals surface area contributed by atoms with E-state index in [-0.39, 0.29) is 0 Å². The third-order valence-electron chi connectivity index (χ3n) is 4.17. The number of hydrogen-bond acceptors (Lipinski definition) is 3. The van der Waals surface area contributed by atoms with E-state index in [2.05, 4.69) is 35.2 Å². The van der Waals surface area contributed by atoms with E-state index in [0.29, 0.717) is 12.7 Å². The monoisotopic (exact) mass is 297 g/mol. The maximum Gasteiger partial charge on any atom is 0.124 e. The Morgan fingerprint density at radius 2 is 1.82 bits per heavy atom. The van der Waals surface area contributed by atoms with Crippen molar-refractivity contribution in [2.45, 2.75) is 25.7 Å². The molecule has 116 valence electrons. The van der Waals surface area contributed by atoms with Gasteiger partial charge in [-0.2, -0.15) is 0 Å². The average Bonchev–Trinajstić information content (AvgIpc) is 3.03. The first kappa shape index (κ1) is 15.1. The van der Waals surface area contributed by atoms with Crippen LogP contribution in [0.4, 0.5) is 0 Å². The van der Waals surface area contributed by atoms with E-state index in [9.17, 15) is 0 Å². The normalized spacial score (nSPS) is 18.5. The Morgan fingerprint density at radius 1 is 1.05 bits per heavy atom. The Balaban J connectivity index is 1.63. The third-order valence-corrected chi connectivity index (χ3v) is 4.17. The standard InChI is InChI=1S/C19H23NO2/c1-21-18-11-12-20(14-18)13-17-9-5-6-10-19(17)22-15-16-7-3-2-4-8-16/h2-10,18H,11-15H2,1H3/t18-/m1/s1. The highest BCUT2D eigenvalue weighted by molar-refractivity contribution is 5.33. The second kappa shape index (κ2) is 7.43. The van der Waals surface area contributed by atoms with Crippen molar-refractivity contribution in [3.63, 3.8) is 0 Å². The molecule has 0 amide bonds. The van der Waals surface area contributed by atoms with E-state index >= 15 is 0 Å². The fourth-order valence-corrected chi connectivity index (χ4v) is 2.88. The fraction of sp³-hybridized carbons (Fsp3) is 0.368. The van der Waals surface area contributed by atoms with Gasteiger partial charge < -0.3 is 9.47 Å². The first-order valence-electron chi connectivity index (χ1n) is 7.85. The van der Waals surface area contributed by atoms with Crippen LogP contribution in [0, 0.1) is 0 Å². The molecule has 0 saturated carbocycles. The Kier molecular flexibility index (Phi) is 5.09. The Morgan fingerprint density at radius 3 is 2.59 bits per heavy atom. The summed E-state index contributed by atoms with van der Waals surface area (Å²) in [4.78, 5) is 2.43. The van der Waals surface area contributed by atoms with E-state index < -0.39 is 0 Å². The van der Waals surface area contributed by atoms with E-state index in [4.69, 9.17) is 9.47 Å². The third kappa shape index (κ3) is 3.87. The van der Waals surface area contributed by atoms with Crippen LogP contribution in [0.5, 0.6) is 5.75 Å². The van der Waals surface area contributed by atoms with Gasteiger partial charge in [-0.1, -0.05) is 48.5 Å². The molecule has 3 rings (SSSR count). The summed E-state index contributed by atoms with van der Waals surface area (Å²) in [5, 5.41) is 0. The molecular weight excluding hydrogens is 274 g/mol. The van der Waals surface area contributed by atoms with Crippen molar-refractivity contribution in [2.75, 3.05) is 20.2 Å². The Bertz CT molecular complexity index is 585. The summed E-state index contributed by atoms with van der Waals surface area (Å²) >= 11 is 0. The van der Waals surface area contributed by atoms with Gasteiger partial charge in [-0.05, 0) is 18.1 Å². The van der Waals surface area contributed by atoms with Crippen molar-refractivity contribution in [1.82, 2.24) is 4.90 Å². The van der Waals surface area contributed by atoms with Gasteiger partial charge in [0.15, 0.2) is 0 Å². The molecule has 0 N–H and O–H groups in total. The van der Waals surface area contributed by atoms with Crippen LogP contribution in [-0.4, -0.2) is 31.2 Å². The Labute approximate surface area is 132 Å². The molecule has 2 aromatic rings. The molecule has 0 bridgehead atoms. The number of benzene rings is 2. The van der Waals surface area contributed by atoms with Crippen molar-refractivity contribution in [3.8, 4) is 5.75 Å². The molecule has 2 aromatic carbocycles. The van der Waals surface area contributed by atoms with Gasteiger partial charge in [-0.25, -0.2) is 0 Å². The maximum atomic E-state index is 6.03. The van der Waals surface area contributed by atoms with Gasteiger partial charge >= 0.3 is 0 Å². The zero-order valence-electron chi connectivity index (χ0n) is 13.1. The van der Waals surface area contributed by atoms with Crippen molar-refractivity contribution in [3.05, 3.63) is 65.7 Å². The molecule has 0 unspecified atom stereocenters. The minimum atomic E-state index is 0.373. The predicted molar refractivity (Wildman–Crippen MR) is 87.9 cm³/mol. The molecule has 3 heteroatoms. The number of nitrogens with zero attached hydrogens (tertiary/aromatic N) is 1. The van der Waals surface area contributed by atoms with Crippen LogP contribution in [0.1, 0.15) is 17.5 Å². The summed E-state index contributed by atoms with van der Waals surface area (Å²) in [7, 11) is 1.80. The minimum absolute atomic E-state index is 0.373. The number of ether oxygens (including phenoxy) is 2. The first-order valence-corrected chi connectivity index (χ1v) is 7.85. The molecule has 1 fully saturated rings. The molecule has 1 saturated heterocycles. The molecule has 1 atom stereocenters. The maximum absolute atomic E-state index is 6.03. The van der Waals surface area contributed by atoms with Gasteiger partial charge in [0.05, 0.1) is 6.10 Å². The fourth-order valence-electron chi connectivity index (χ4n) is 2.88. The zero-order chi connectivity index (χ0) is 15.2. The van der Waals surface area contributed by atoms with E-state index in [0.717, 1.165) is 31.8 Å². The summed E-state index contributed by atoms with van der Waals surface area (Å²) in [6, 6.07) is 18.6. The van der Waals surface area contributed by atoms with E-state index in [1.165, 1.54) is 11.1 Å². The number of likely N-dealkylation sites (tertiary alicyclic amines) is 1. The van der Waals surface area contributed by atoms with Gasteiger partial charge in [-0.3, -0.25) is 4.90 Å². The molecule has 1 aliphatic heterocycles. The molecular formula is C19H23NO2. The summed E-state index contributed by atoms with van der Waals surface area (Å²) in [5.74, 6) is 0.979. The molecule has 1 heterocycles. The summed E-state index contributed by atoms with van der Waals surface area (Å²) < 4.78 is 11.5. The topological polar surface area (TPSA) is 21.7 Å². The lowest BCUT2D eigenvalue weighted by Gasteiger charge is -2.18. The molecule has 3 nitrogen and oxygen atoms in total. The van der Waals surface area contributed by atoms with Gasteiger partial charge in [0.2, 0.25) is 0 Å². The van der Waals surface area contributed by atoms with Crippen molar-refractivity contribution < 1.29 is 9.47 Å². The zero-order valence-corrected chi connectivity index (χ0v) is 13.1. The molecule has 1 aliphatic rings. The van der Waals surface area contributed by atoms with Gasteiger partial charge in [0, 0.05) is 32.3 Å². The van der Waals surface area contributed by atoms with Crippen LogP contribution in [-0.2, 0) is 17.9 Å². The lowest BCUT2D eigenvalue weighted by molar-refractivity contribution is 0.107. The minimum Gasteiger partial charge on any atom is -0.489 e. The highest BCUT2D eigenvalue weighted by Gasteiger charge is 2.22. The molecule has 22 heavy (non-hydrogen) atoms. The van der Waals surface area contributed by atoms with E-state index in [1.807, 2.05) is 24.3 Å². The first-order chi connectivity index (χ1) is 10.8. The van der Waals surface area contributed by atoms with Gasteiger partial charge in [0.25, 0.3) is 0 Å². The lowest BCUT2D eigenvalue weighted by atomic mass is 10.2. The van der Waals surface area contributed by atoms with Crippen LogP contribution in [0.3, 0.4) is 0 Å².